The fraction of sp³-hybridized carbons (Fsp3) is 0.0435. The maximum Gasteiger partial charge on any atom is 0.0619 e. The molecule has 11 aromatic carbocycles. The largest absolute Gasteiger partial charge is 0.311 e. The van der Waals surface area contributed by atoms with Gasteiger partial charge in [-0.25, -0.2) is 0 Å². The van der Waals surface area contributed by atoms with E-state index in [9.17, 15) is 0 Å². The zero-order valence-corrected chi connectivity index (χ0v) is 39.8. The summed E-state index contributed by atoms with van der Waals surface area (Å²) in [5.74, 6) is 0. The van der Waals surface area contributed by atoms with Crippen LogP contribution < -0.4 is 4.90 Å². The fourth-order valence-electron chi connectivity index (χ4n) is 11.2. The quantitative estimate of drug-likeness (QED) is 0.140. The van der Waals surface area contributed by atoms with Gasteiger partial charge in [0.25, 0.3) is 0 Å². The van der Waals surface area contributed by atoms with E-state index in [0.29, 0.717) is 0 Å². The van der Waals surface area contributed by atoms with Gasteiger partial charge in [0.2, 0.25) is 0 Å². The molecule has 0 unspecified atom stereocenters. The van der Waals surface area contributed by atoms with Crippen molar-refractivity contribution in [1.29, 1.82) is 0 Å². The molecule has 0 bridgehead atoms. The Kier molecular flexibility index (Phi) is 10.2. The number of hydrogen-bond acceptors (Lipinski definition) is 1. The highest BCUT2D eigenvalue weighted by molar-refractivity contribution is 6.09. The maximum absolute atomic E-state index is 2.52. The summed E-state index contributed by atoms with van der Waals surface area (Å²) in [6.45, 7) is 4.81. The number of aromatic nitrogens is 1. The van der Waals surface area contributed by atoms with Crippen LogP contribution in [-0.2, 0) is 5.41 Å². The standard InChI is InChI=1S/C69H50N2/c1-69(2)64-44-56(52-31-39-59(40-32-52)70(57-35-27-50(28-36-57)47-17-7-3-8-18-47)58-37-29-51(30-38-58)48-19-9-4-10-20-48)34-42-61(64)62-45-63-66(46-65(62)69)71(60-41-33-49-21-15-16-26-55(49)43-60)68(54-24-13-6-14-25-54)67(63)53-22-11-5-12-23-53/h3-46H,1-2H3. The van der Waals surface area contributed by atoms with Crippen LogP contribution in [-0.4, -0.2) is 4.57 Å². The molecule has 2 nitrogen and oxygen atoms in total. The van der Waals surface area contributed by atoms with E-state index in [0.717, 1.165) is 22.7 Å². The van der Waals surface area contributed by atoms with E-state index in [1.807, 2.05) is 0 Å². The molecule has 0 radical (unpaired) electrons. The van der Waals surface area contributed by atoms with Crippen LogP contribution in [0, 0.1) is 0 Å². The normalized spacial score (nSPS) is 12.5. The van der Waals surface area contributed by atoms with Crippen molar-refractivity contribution in [2.24, 2.45) is 0 Å². The van der Waals surface area contributed by atoms with Gasteiger partial charge in [-0.2, -0.15) is 0 Å². The van der Waals surface area contributed by atoms with Crippen LogP contribution in [0.4, 0.5) is 17.1 Å². The van der Waals surface area contributed by atoms with Gasteiger partial charge in [-0.3, -0.25) is 0 Å². The minimum absolute atomic E-state index is 0.248. The molecule has 336 valence electrons. The Morgan fingerprint density at radius 1 is 0.324 bits per heavy atom. The van der Waals surface area contributed by atoms with Crippen LogP contribution in [0.1, 0.15) is 25.0 Å². The van der Waals surface area contributed by atoms with Gasteiger partial charge in [0.15, 0.2) is 0 Å². The molecule has 1 heterocycles. The Balaban J connectivity index is 0.910. The first-order chi connectivity index (χ1) is 35.0. The third kappa shape index (κ3) is 7.35. The van der Waals surface area contributed by atoms with E-state index in [1.165, 1.54) is 99.7 Å². The Labute approximate surface area is 416 Å². The molecule has 13 rings (SSSR count). The second-order valence-corrected chi connectivity index (χ2v) is 19.3. The molecule has 0 saturated carbocycles. The summed E-state index contributed by atoms with van der Waals surface area (Å²) < 4.78 is 2.52. The number of benzene rings is 11. The average molecular weight is 907 g/mol. The number of hydrogen-bond donors (Lipinski definition) is 0. The number of fused-ring (bicyclic) bond motifs is 5. The van der Waals surface area contributed by atoms with Crippen LogP contribution in [0.3, 0.4) is 0 Å². The molecule has 0 spiro atoms. The van der Waals surface area contributed by atoms with Crippen molar-refractivity contribution in [1.82, 2.24) is 4.57 Å². The van der Waals surface area contributed by atoms with Gasteiger partial charge in [0, 0.05) is 39.1 Å². The summed E-state index contributed by atoms with van der Waals surface area (Å²) >= 11 is 0. The average Bonchev–Trinajstić information content (AvgIpc) is 3.89. The molecule has 0 fully saturated rings. The Morgan fingerprint density at radius 3 is 1.31 bits per heavy atom. The lowest BCUT2D eigenvalue weighted by molar-refractivity contribution is 0.661. The monoisotopic (exact) mass is 906 g/mol. The number of nitrogens with zero attached hydrogens (tertiary/aromatic N) is 2. The second kappa shape index (κ2) is 17.2. The van der Waals surface area contributed by atoms with Crippen LogP contribution in [0.5, 0.6) is 0 Å². The summed E-state index contributed by atoms with van der Waals surface area (Å²) in [6, 6.07) is 97.7. The molecule has 1 aliphatic rings. The van der Waals surface area contributed by atoms with Crippen molar-refractivity contribution >= 4 is 38.7 Å². The van der Waals surface area contributed by atoms with Crippen molar-refractivity contribution in [2.45, 2.75) is 19.3 Å². The van der Waals surface area contributed by atoms with E-state index in [2.05, 4.69) is 290 Å². The molecule has 0 N–H and O–H groups in total. The van der Waals surface area contributed by atoms with Gasteiger partial charge >= 0.3 is 0 Å². The lowest BCUT2D eigenvalue weighted by Gasteiger charge is -2.26. The lowest BCUT2D eigenvalue weighted by Crippen LogP contribution is -2.15. The van der Waals surface area contributed by atoms with E-state index in [-0.39, 0.29) is 5.41 Å². The zero-order valence-electron chi connectivity index (χ0n) is 39.8. The molecule has 1 aromatic heterocycles. The lowest BCUT2D eigenvalue weighted by atomic mass is 9.81. The number of anilines is 3. The highest BCUT2D eigenvalue weighted by atomic mass is 15.1. The molecule has 0 saturated heterocycles. The summed E-state index contributed by atoms with van der Waals surface area (Å²) in [5.41, 5.74) is 22.8. The molecule has 0 aliphatic heterocycles. The van der Waals surface area contributed by atoms with Gasteiger partial charge in [0.05, 0.1) is 11.2 Å². The predicted molar refractivity (Wildman–Crippen MR) is 300 cm³/mol. The molecular weight excluding hydrogens is 857 g/mol. The maximum atomic E-state index is 2.52. The van der Waals surface area contributed by atoms with Gasteiger partial charge in [0.1, 0.15) is 0 Å². The smallest absolute Gasteiger partial charge is 0.0619 e. The van der Waals surface area contributed by atoms with E-state index >= 15 is 0 Å². The van der Waals surface area contributed by atoms with Crippen molar-refractivity contribution in [2.75, 3.05) is 4.90 Å². The predicted octanol–water partition coefficient (Wildman–Crippen LogP) is 18.9. The van der Waals surface area contributed by atoms with Gasteiger partial charge in [-0.1, -0.05) is 214 Å². The van der Waals surface area contributed by atoms with Gasteiger partial charge in [-0.05, 0) is 144 Å². The van der Waals surface area contributed by atoms with E-state index in [1.54, 1.807) is 0 Å². The molecule has 71 heavy (non-hydrogen) atoms. The van der Waals surface area contributed by atoms with Crippen molar-refractivity contribution in [3.8, 4) is 72.6 Å². The molecule has 12 aromatic rings. The van der Waals surface area contributed by atoms with Crippen LogP contribution in [0.2, 0.25) is 0 Å². The zero-order chi connectivity index (χ0) is 47.5. The Hall–Kier alpha value is -8.98. The highest BCUT2D eigenvalue weighted by Gasteiger charge is 2.37. The first-order valence-corrected chi connectivity index (χ1v) is 24.7. The minimum atomic E-state index is -0.248. The summed E-state index contributed by atoms with van der Waals surface area (Å²) in [7, 11) is 0. The van der Waals surface area contributed by atoms with Crippen LogP contribution in [0.15, 0.2) is 267 Å². The molecule has 2 heteroatoms. The second-order valence-electron chi connectivity index (χ2n) is 19.3. The third-order valence-electron chi connectivity index (χ3n) is 14.8. The van der Waals surface area contributed by atoms with Crippen molar-refractivity contribution in [3.63, 3.8) is 0 Å². The number of rotatable bonds is 9. The molecule has 1 aliphatic carbocycles. The summed E-state index contributed by atoms with van der Waals surface area (Å²) in [4.78, 5) is 2.36. The van der Waals surface area contributed by atoms with E-state index < -0.39 is 0 Å². The molecule has 0 amide bonds. The van der Waals surface area contributed by atoms with E-state index in [4.69, 9.17) is 0 Å². The summed E-state index contributed by atoms with van der Waals surface area (Å²) in [6.07, 6.45) is 0. The molecule has 0 atom stereocenters. The Morgan fingerprint density at radius 2 is 0.761 bits per heavy atom. The Bertz CT molecular complexity index is 3810. The topological polar surface area (TPSA) is 8.17 Å². The van der Waals surface area contributed by atoms with Crippen LogP contribution in [0.25, 0.3) is 94.3 Å². The van der Waals surface area contributed by atoms with Gasteiger partial charge in [-0.15, -0.1) is 0 Å². The highest BCUT2D eigenvalue weighted by Crippen LogP contribution is 2.54. The minimum Gasteiger partial charge on any atom is -0.311 e. The SMILES string of the molecule is CC1(C)c2cc(-c3ccc(N(c4ccc(-c5ccccc5)cc4)c4ccc(-c5ccccc5)cc4)cc3)ccc2-c2cc3c(-c4ccccc4)c(-c4ccccc4)n(-c4ccc5ccccc5c4)c3cc21. The first-order valence-electron chi connectivity index (χ1n) is 24.7. The summed E-state index contributed by atoms with van der Waals surface area (Å²) in [5, 5.41) is 3.71. The van der Waals surface area contributed by atoms with Gasteiger partial charge < -0.3 is 9.47 Å². The third-order valence-corrected chi connectivity index (χ3v) is 14.8. The molecular formula is C69H50N2. The first kappa shape index (κ1) is 42.1. The fourth-order valence-corrected chi connectivity index (χ4v) is 11.2. The van der Waals surface area contributed by atoms with Crippen molar-refractivity contribution < 1.29 is 0 Å². The van der Waals surface area contributed by atoms with Crippen LogP contribution >= 0.6 is 0 Å². The van der Waals surface area contributed by atoms with Crippen molar-refractivity contribution in [3.05, 3.63) is 278 Å².